The number of aliphatic hydroxyl groups is 1. The van der Waals surface area contributed by atoms with Gasteiger partial charge in [-0.05, 0) is 61.1 Å². The van der Waals surface area contributed by atoms with Gasteiger partial charge in [-0.2, -0.15) is 9.67 Å². The molecule has 0 unspecified atom stereocenters. The van der Waals surface area contributed by atoms with Crippen molar-refractivity contribution in [2.45, 2.75) is 77.2 Å². The van der Waals surface area contributed by atoms with E-state index in [-0.39, 0.29) is 45.8 Å². The maximum Gasteiger partial charge on any atom is 0.316 e. The minimum absolute atomic E-state index is 0.0997. The van der Waals surface area contributed by atoms with Crippen molar-refractivity contribution in [3.8, 4) is 5.75 Å². The van der Waals surface area contributed by atoms with Gasteiger partial charge in [0.25, 0.3) is 5.91 Å². The lowest BCUT2D eigenvalue weighted by Gasteiger charge is -2.61. The van der Waals surface area contributed by atoms with Crippen LogP contribution in [0.2, 0.25) is 0 Å². The van der Waals surface area contributed by atoms with Gasteiger partial charge >= 0.3 is 5.97 Å². The predicted molar refractivity (Wildman–Crippen MR) is 163 cm³/mol. The van der Waals surface area contributed by atoms with Crippen LogP contribution in [0, 0.1) is 34.0 Å². The molecule has 43 heavy (non-hydrogen) atoms. The summed E-state index contributed by atoms with van der Waals surface area (Å²) in [6, 6.07) is 6.61. The second-order valence-electron chi connectivity index (χ2n) is 13.1. The number of carbonyl (C=O) groups excluding carboxylic acids is 3. The number of benzene rings is 1. The number of hydrogen-bond acceptors (Lipinski definition) is 10. The maximum absolute atomic E-state index is 13.6. The van der Waals surface area contributed by atoms with Gasteiger partial charge in [-0.25, -0.2) is 0 Å². The van der Waals surface area contributed by atoms with Crippen molar-refractivity contribution in [3.63, 3.8) is 0 Å². The van der Waals surface area contributed by atoms with E-state index in [1.165, 1.54) is 7.11 Å². The Morgan fingerprint density at radius 2 is 2.02 bits per heavy atom. The minimum Gasteiger partial charge on any atom is -0.497 e. The molecule has 5 rings (SSSR count). The Morgan fingerprint density at radius 3 is 2.72 bits per heavy atom. The zero-order valence-corrected chi connectivity index (χ0v) is 26.4. The zero-order chi connectivity index (χ0) is 31.3. The van der Waals surface area contributed by atoms with Crippen molar-refractivity contribution < 1.29 is 29.0 Å². The molecule has 3 saturated carbocycles. The number of carbonyl (C=O) groups is 3. The molecular formula is C32H42N4O6S. The normalized spacial score (nSPS) is 35.4. The van der Waals surface area contributed by atoms with E-state index in [9.17, 15) is 19.5 Å². The zero-order valence-electron chi connectivity index (χ0n) is 25.5. The average molecular weight is 611 g/mol. The van der Waals surface area contributed by atoms with Crippen LogP contribution in [0.5, 0.6) is 5.75 Å². The van der Waals surface area contributed by atoms with Crippen molar-refractivity contribution >= 4 is 35.4 Å². The average Bonchev–Trinajstić information content (AvgIpc) is 3.56. The third-order valence-electron chi connectivity index (χ3n) is 11.0. The van der Waals surface area contributed by atoms with E-state index in [1.807, 2.05) is 6.92 Å². The van der Waals surface area contributed by atoms with Gasteiger partial charge in [-0.1, -0.05) is 51.6 Å². The van der Waals surface area contributed by atoms with E-state index in [2.05, 4.69) is 37.4 Å². The van der Waals surface area contributed by atoms with Crippen molar-refractivity contribution in [1.82, 2.24) is 14.8 Å². The van der Waals surface area contributed by atoms with Crippen LogP contribution in [0.4, 0.5) is 5.95 Å². The van der Waals surface area contributed by atoms with E-state index in [1.54, 1.807) is 30.3 Å². The van der Waals surface area contributed by atoms with Crippen LogP contribution in [-0.4, -0.2) is 62.6 Å². The van der Waals surface area contributed by atoms with E-state index < -0.39 is 34.9 Å². The summed E-state index contributed by atoms with van der Waals surface area (Å²) in [5, 5.41) is 16.1. The highest BCUT2D eigenvalue weighted by Crippen LogP contribution is 2.68. The number of nitrogens with zero attached hydrogens (tertiary/aromatic N) is 3. The molecule has 2 bridgehead atoms. The standard InChI is InChI=1S/C32H42N4O6S/c1-7-30(4)16-23(31(5)18(2)11-13-32(19(3)26(30)39)14-12-22(37)25(31)32)42-24(38)17-43-29-34-28(33)36(35-29)27(40)20-9-8-10-21(15-20)41-6/h7-10,15,18-19,23,25-26,39H,1,11-14,16-17H2,2-6H3,(H2,33,34,35)/t18-,19+,23-,25+,26+,30-,31+,32+/m1/s1. The number of nitrogen functional groups attached to an aromatic ring is 1. The second-order valence-corrected chi connectivity index (χ2v) is 14.0. The molecule has 0 spiro atoms. The van der Waals surface area contributed by atoms with Crippen LogP contribution in [-0.2, 0) is 14.3 Å². The number of nitrogens with two attached hydrogens (primary N) is 1. The molecule has 3 aliphatic rings. The molecular weight excluding hydrogens is 568 g/mol. The molecule has 0 radical (unpaired) electrons. The molecule has 2 aromatic rings. The Balaban J connectivity index is 1.37. The number of anilines is 1. The maximum atomic E-state index is 13.6. The van der Waals surface area contributed by atoms with Gasteiger partial charge in [-0.3, -0.25) is 14.4 Å². The molecule has 1 aromatic carbocycles. The lowest BCUT2D eigenvalue weighted by Crippen LogP contribution is -2.63. The van der Waals surface area contributed by atoms with E-state index >= 15 is 0 Å². The fourth-order valence-electron chi connectivity index (χ4n) is 8.21. The number of thioether (sulfide) groups is 1. The summed E-state index contributed by atoms with van der Waals surface area (Å²) in [4.78, 5) is 44.2. The predicted octanol–water partition coefficient (Wildman–Crippen LogP) is 4.56. The van der Waals surface area contributed by atoms with Gasteiger partial charge in [0.2, 0.25) is 11.1 Å². The Kier molecular flexibility index (Phi) is 8.28. The van der Waals surface area contributed by atoms with Gasteiger partial charge in [0.05, 0.1) is 19.0 Å². The Hall–Kier alpha value is -3.18. The number of esters is 1. The number of Topliss-reactive ketones (excluding diaryl/α,β-unsaturated/α-hetero) is 1. The van der Waals surface area contributed by atoms with Gasteiger partial charge in [0.15, 0.2) is 0 Å². The SMILES string of the molecule is C=C[C@]1(C)C[C@@H](OC(=O)CSc2nc(N)n(C(=O)c3cccc(OC)c3)n2)[C@]2(C)[C@H](C)CC[C@]3(CCC(=O)[C@H]32)[C@@H](C)[C@@H]1O. The molecule has 1 aromatic heterocycles. The van der Waals surface area contributed by atoms with Gasteiger partial charge in [0, 0.05) is 28.7 Å². The first-order valence-electron chi connectivity index (χ1n) is 14.9. The molecule has 10 nitrogen and oxygen atoms in total. The third-order valence-corrected chi connectivity index (χ3v) is 11.8. The number of rotatable bonds is 7. The third kappa shape index (κ3) is 5.08. The molecule has 0 amide bonds. The largest absolute Gasteiger partial charge is 0.497 e. The van der Waals surface area contributed by atoms with Crippen LogP contribution in [0.3, 0.4) is 0 Å². The van der Waals surface area contributed by atoms with Gasteiger partial charge < -0.3 is 20.3 Å². The van der Waals surface area contributed by atoms with Crippen molar-refractivity contribution in [2.75, 3.05) is 18.6 Å². The number of ether oxygens (including phenoxy) is 2. The highest BCUT2D eigenvalue weighted by Gasteiger charge is 2.68. The van der Waals surface area contributed by atoms with E-state index in [0.29, 0.717) is 24.2 Å². The molecule has 8 atom stereocenters. The van der Waals surface area contributed by atoms with E-state index in [4.69, 9.17) is 15.2 Å². The summed E-state index contributed by atoms with van der Waals surface area (Å²) in [6.07, 6.45) is 3.77. The van der Waals surface area contributed by atoms with Crippen LogP contribution in [0.1, 0.15) is 70.2 Å². The first-order chi connectivity index (χ1) is 20.3. The molecule has 3 N–H and O–H groups in total. The van der Waals surface area contributed by atoms with Gasteiger partial charge in [-0.15, -0.1) is 11.7 Å². The summed E-state index contributed by atoms with van der Waals surface area (Å²) in [5.74, 6) is -0.736. The van der Waals surface area contributed by atoms with Crippen LogP contribution < -0.4 is 10.5 Å². The molecule has 232 valence electrons. The second kappa shape index (κ2) is 11.4. The molecule has 1 heterocycles. The topological polar surface area (TPSA) is 147 Å². The molecule has 0 aliphatic heterocycles. The lowest BCUT2D eigenvalue weighted by molar-refractivity contribution is -0.205. The number of aromatic nitrogens is 3. The Labute approximate surface area is 256 Å². The Bertz CT molecular complexity index is 1440. The number of aliphatic hydroxyl groups excluding tert-OH is 1. The van der Waals surface area contributed by atoms with Crippen LogP contribution in [0.15, 0.2) is 42.1 Å². The van der Waals surface area contributed by atoms with Crippen LogP contribution in [0.25, 0.3) is 0 Å². The number of ketones is 1. The van der Waals surface area contributed by atoms with Gasteiger partial charge in [0.1, 0.15) is 17.6 Å². The molecule has 11 heteroatoms. The van der Waals surface area contributed by atoms with Crippen LogP contribution >= 0.6 is 11.8 Å². The first kappa shape index (κ1) is 31.3. The summed E-state index contributed by atoms with van der Waals surface area (Å²) >= 11 is 1.02. The summed E-state index contributed by atoms with van der Waals surface area (Å²) < 4.78 is 12.5. The Morgan fingerprint density at radius 1 is 1.28 bits per heavy atom. The monoisotopic (exact) mass is 610 g/mol. The molecule has 0 saturated heterocycles. The smallest absolute Gasteiger partial charge is 0.316 e. The highest BCUT2D eigenvalue weighted by molar-refractivity contribution is 7.99. The molecule has 3 fully saturated rings. The summed E-state index contributed by atoms with van der Waals surface area (Å²) in [5.41, 5.74) is 4.67. The fraction of sp³-hybridized carbons (Fsp3) is 0.594. The van der Waals surface area contributed by atoms with E-state index in [0.717, 1.165) is 35.7 Å². The summed E-state index contributed by atoms with van der Waals surface area (Å²) in [7, 11) is 1.51. The first-order valence-corrected chi connectivity index (χ1v) is 15.9. The summed E-state index contributed by atoms with van der Waals surface area (Å²) in [6.45, 7) is 12.4. The molecule has 3 aliphatic carbocycles. The number of hydrogen-bond donors (Lipinski definition) is 2. The number of methoxy groups -OCH3 is 1. The lowest BCUT2D eigenvalue weighted by atomic mass is 9.44. The fourth-order valence-corrected chi connectivity index (χ4v) is 8.82. The highest BCUT2D eigenvalue weighted by atomic mass is 32.2. The van der Waals surface area contributed by atoms with Crippen molar-refractivity contribution in [1.29, 1.82) is 0 Å². The quantitative estimate of drug-likeness (QED) is 0.260. The minimum atomic E-state index is -0.731. The van der Waals surface area contributed by atoms with Crippen molar-refractivity contribution in [2.24, 2.45) is 34.0 Å². The van der Waals surface area contributed by atoms with Crippen molar-refractivity contribution in [3.05, 3.63) is 42.5 Å².